The fourth-order valence-corrected chi connectivity index (χ4v) is 2.17. The highest BCUT2D eigenvalue weighted by Crippen LogP contribution is 2.18. The van der Waals surface area contributed by atoms with Crippen molar-refractivity contribution in [2.45, 2.75) is 0 Å². The minimum absolute atomic E-state index is 0.210. The molecule has 0 bridgehead atoms. The number of halogens is 3. The number of carbonyl (C=O) groups excluding carboxylic acids is 1. The molecule has 0 atom stereocenters. The Morgan fingerprint density at radius 2 is 1.67 bits per heavy atom. The SMILES string of the molecule is O=C(COc1ccc(Cl)cc1)Nc1ccc(Nc2ccc(F)c(F)c2)nn1. The first-order chi connectivity index (χ1) is 13.0. The Kier molecular flexibility index (Phi) is 5.77. The van der Waals surface area contributed by atoms with E-state index in [1.165, 1.54) is 18.2 Å². The molecule has 9 heteroatoms. The third kappa shape index (κ3) is 5.35. The van der Waals surface area contributed by atoms with Crippen molar-refractivity contribution in [2.75, 3.05) is 17.2 Å². The Morgan fingerprint density at radius 3 is 2.33 bits per heavy atom. The van der Waals surface area contributed by atoms with Gasteiger partial charge in [-0.25, -0.2) is 8.78 Å². The summed E-state index contributed by atoms with van der Waals surface area (Å²) in [6.45, 7) is -0.210. The number of rotatable bonds is 6. The molecule has 1 heterocycles. The number of ether oxygens (including phenoxy) is 1. The normalized spacial score (nSPS) is 10.3. The molecule has 0 unspecified atom stereocenters. The summed E-state index contributed by atoms with van der Waals surface area (Å²) >= 11 is 5.77. The Bertz CT molecular complexity index is 937. The molecular formula is C18H13ClF2N4O2. The molecule has 0 spiro atoms. The van der Waals surface area contributed by atoms with Crippen molar-refractivity contribution in [3.05, 3.63) is 71.3 Å². The van der Waals surface area contributed by atoms with E-state index in [1.807, 2.05) is 0 Å². The van der Waals surface area contributed by atoms with Gasteiger partial charge < -0.3 is 15.4 Å². The maximum atomic E-state index is 13.2. The summed E-state index contributed by atoms with van der Waals surface area (Å²) < 4.78 is 31.4. The van der Waals surface area contributed by atoms with Crippen molar-refractivity contribution in [3.63, 3.8) is 0 Å². The second-order valence-electron chi connectivity index (χ2n) is 5.35. The van der Waals surface area contributed by atoms with Crippen LogP contribution in [0.3, 0.4) is 0 Å². The van der Waals surface area contributed by atoms with E-state index in [4.69, 9.17) is 16.3 Å². The van der Waals surface area contributed by atoms with Crippen LogP contribution in [0.4, 0.5) is 26.1 Å². The van der Waals surface area contributed by atoms with Gasteiger partial charge in [0.15, 0.2) is 29.9 Å². The van der Waals surface area contributed by atoms with Crippen molar-refractivity contribution in [1.29, 1.82) is 0 Å². The lowest BCUT2D eigenvalue weighted by molar-refractivity contribution is -0.118. The van der Waals surface area contributed by atoms with Crippen molar-refractivity contribution >= 4 is 34.8 Å². The highest BCUT2D eigenvalue weighted by Gasteiger charge is 2.07. The summed E-state index contributed by atoms with van der Waals surface area (Å²) in [6, 6.07) is 13.0. The van der Waals surface area contributed by atoms with Crippen LogP contribution < -0.4 is 15.4 Å². The van der Waals surface area contributed by atoms with E-state index in [0.29, 0.717) is 22.3 Å². The largest absolute Gasteiger partial charge is 0.484 e. The monoisotopic (exact) mass is 390 g/mol. The van der Waals surface area contributed by atoms with Crippen LogP contribution in [-0.2, 0) is 4.79 Å². The van der Waals surface area contributed by atoms with Gasteiger partial charge in [0.25, 0.3) is 5.91 Å². The lowest BCUT2D eigenvalue weighted by Gasteiger charge is -2.08. The van der Waals surface area contributed by atoms with E-state index in [1.54, 1.807) is 24.3 Å². The number of carbonyl (C=O) groups is 1. The van der Waals surface area contributed by atoms with Crippen molar-refractivity contribution < 1.29 is 18.3 Å². The molecule has 0 aliphatic rings. The summed E-state index contributed by atoms with van der Waals surface area (Å²) in [5.41, 5.74) is 0.316. The number of anilines is 3. The third-order valence-corrected chi connectivity index (χ3v) is 3.56. The highest BCUT2D eigenvalue weighted by atomic mass is 35.5. The van der Waals surface area contributed by atoms with Gasteiger partial charge in [0.05, 0.1) is 0 Å². The van der Waals surface area contributed by atoms with E-state index in [9.17, 15) is 13.6 Å². The minimum atomic E-state index is -0.975. The molecule has 0 radical (unpaired) electrons. The van der Waals surface area contributed by atoms with E-state index >= 15 is 0 Å². The van der Waals surface area contributed by atoms with E-state index in [-0.39, 0.29) is 12.4 Å². The van der Waals surface area contributed by atoms with E-state index in [2.05, 4.69) is 20.8 Å². The lowest BCUT2D eigenvalue weighted by Crippen LogP contribution is -2.21. The quantitative estimate of drug-likeness (QED) is 0.660. The molecule has 1 aromatic heterocycles. The number of hydrogen-bond acceptors (Lipinski definition) is 5. The van der Waals surface area contributed by atoms with Gasteiger partial charge in [-0.15, -0.1) is 10.2 Å². The summed E-state index contributed by atoms with van der Waals surface area (Å²) in [7, 11) is 0. The van der Waals surface area contributed by atoms with Crippen LogP contribution in [0.15, 0.2) is 54.6 Å². The fraction of sp³-hybridized carbons (Fsp3) is 0.0556. The molecule has 0 aliphatic carbocycles. The van der Waals surface area contributed by atoms with Crippen LogP contribution in [0.2, 0.25) is 5.02 Å². The van der Waals surface area contributed by atoms with Gasteiger partial charge >= 0.3 is 0 Å². The van der Waals surface area contributed by atoms with Gasteiger partial charge in [0.1, 0.15) is 5.75 Å². The van der Waals surface area contributed by atoms with Crippen LogP contribution >= 0.6 is 11.6 Å². The number of amides is 1. The molecule has 0 saturated heterocycles. The van der Waals surface area contributed by atoms with Gasteiger partial charge in [-0.1, -0.05) is 11.6 Å². The summed E-state index contributed by atoms with van der Waals surface area (Å²) in [5, 5.41) is 13.6. The standard InChI is InChI=1S/C18H13ClF2N4O2/c19-11-1-4-13(5-2-11)27-10-18(26)23-17-8-7-16(24-25-17)22-12-3-6-14(20)15(21)9-12/h1-9H,10H2,(H,22,24)(H,23,25,26). The van der Waals surface area contributed by atoms with Crippen molar-refractivity contribution in [2.24, 2.45) is 0 Å². The van der Waals surface area contributed by atoms with E-state index < -0.39 is 17.5 Å². The predicted molar refractivity (Wildman–Crippen MR) is 97.2 cm³/mol. The summed E-state index contributed by atoms with van der Waals surface area (Å²) in [5.74, 6) is -1.30. The smallest absolute Gasteiger partial charge is 0.263 e. The van der Waals surface area contributed by atoms with Crippen LogP contribution in [0, 0.1) is 11.6 Å². The molecule has 2 aromatic carbocycles. The Morgan fingerprint density at radius 1 is 0.963 bits per heavy atom. The molecule has 27 heavy (non-hydrogen) atoms. The molecule has 0 saturated carbocycles. The number of nitrogens with zero attached hydrogens (tertiary/aromatic N) is 2. The fourth-order valence-electron chi connectivity index (χ4n) is 2.05. The first-order valence-electron chi connectivity index (χ1n) is 7.73. The Labute approximate surface area is 158 Å². The van der Waals surface area contributed by atoms with Crippen molar-refractivity contribution in [3.8, 4) is 5.75 Å². The average molecular weight is 391 g/mol. The maximum Gasteiger partial charge on any atom is 0.263 e. The zero-order valence-corrected chi connectivity index (χ0v) is 14.5. The predicted octanol–water partition coefficient (Wildman–Crippen LogP) is 4.17. The molecule has 1 amide bonds. The molecule has 0 aliphatic heterocycles. The second-order valence-corrected chi connectivity index (χ2v) is 5.78. The van der Waals surface area contributed by atoms with Crippen LogP contribution in [0.25, 0.3) is 0 Å². The van der Waals surface area contributed by atoms with Crippen LogP contribution in [-0.4, -0.2) is 22.7 Å². The molecule has 3 aromatic rings. The summed E-state index contributed by atoms with van der Waals surface area (Å²) in [6.07, 6.45) is 0. The van der Waals surface area contributed by atoms with Gasteiger partial charge in [0.2, 0.25) is 0 Å². The van der Waals surface area contributed by atoms with Crippen LogP contribution in [0.5, 0.6) is 5.75 Å². The first-order valence-corrected chi connectivity index (χ1v) is 8.11. The highest BCUT2D eigenvalue weighted by molar-refractivity contribution is 6.30. The average Bonchev–Trinajstić information content (AvgIpc) is 2.66. The molecule has 2 N–H and O–H groups in total. The Balaban J connectivity index is 1.52. The van der Waals surface area contributed by atoms with Crippen molar-refractivity contribution in [1.82, 2.24) is 10.2 Å². The minimum Gasteiger partial charge on any atom is -0.484 e. The van der Waals surface area contributed by atoms with Gasteiger partial charge in [-0.3, -0.25) is 4.79 Å². The number of benzene rings is 2. The van der Waals surface area contributed by atoms with Crippen LogP contribution in [0.1, 0.15) is 0 Å². The van der Waals surface area contributed by atoms with E-state index in [0.717, 1.165) is 12.1 Å². The number of aromatic nitrogens is 2. The number of nitrogens with one attached hydrogen (secondary N) is 2. The molecule has 0 fully saturated rings. The summed E-state index contributed by atoms with van der Waals surface area (Å²) in [4.78, 5) is 11.9. The second kappa shape index (κ2) is 8.41. The Hall–Kier alpha value is -3.26. The van der Waals surface area contributed by atoms with Gasteiger partial charge in [-0.05, 0) is 48.5 Å². The zero-order valence-electron chi connectivity index (χ0n) is 13.7. The third-order valence-electron chi connectivity index (χ3n) is 3.31. The topological polar surface area (TPSA) is 76.1 Å². The van der Waals surface area contributed by atoms with Gasteiger partial charge in [-0.2, -0.15) is 0 Å². The maximum absolute atomic E-state index is 13.2. The molecule has 6 nitrogen and oxygen atoms in total. The zero-order chi connectivity index (χ0) is 19.2. The lowest BCUT2D eigenvalue weighted by atomic mass is 10.3. The molecule has 3 rings (SSSR count). The van der Waals surface area contributed by atoms with Gasteiger partial charge in [0, 0.05) is 16.8 Å². The number of hydrogen-bond donors (Lipinski definition) is 2. The molecular weight excluding hydrogens is 378 g/mol. The molecule has 138 valence electrons. The first kappa shape index (κ1) is 18.5.